The first kappa shape index (κ1) is 29.0. The molecule has 14 heteroatoms. The molecule has 3 heterocycles. The van der Waals surface area contributed by atoms with Crippen molar-refractivity contribution in [2.75, 3.05) is 6.54 Å². The molecular formula is C25H32F5N5O4. The number of alkyl halides is 5. The number of halogens is 5. The summed E-state index contributed by atoms with van der Waals surface area (Å²) in [5.74, 6) is -10.2. The molecule has 0 aromatic rings. The normalized spacial score (nSPS) is 29.8. The van der Waals surface area contributed by atoms with Gasteiger partial charge < -0.3 is 20.9 Å². The van der Waals surface area contributed by atoms with Gasteiger partial charge in [0.15, 0.2) is 0 Å². The molecular weight excluding hydrogens is 529 g/mol. The van der Waals surface area contributed by atoms with E-state index in [0.717, 1.165) is 11.3 Å². The van der Waals surface area contributed by atoms with Gasteiger partial charge in [0, 0.05) is 24.9 Å². The van der Waals surface area contributed by atoms with E-state index in [9.17, 15) is 46.4 Å². The van der Waals surface area contributed by atoms with Crippen molar-refractivity contribution in [1.82, 2.24) is 20.9 Å². The number of nitriles is 1. The number of fused-ring (bicyclic) bond motifs is 3. The molecule has 0 aromatic heterocycles. The molecule has 0 spiro atoms. The number of hydrogen-bond donors (Lipinski definition) is 3. The van der Waals surface area contributed by atoms with Crippen LogP contribution in [-0.2, 0) is 19.2 Å². The van der Waals surface area contributed by atoms with Crippen molar-refractivity contribution < 1.29 is 41.1 Å². The van der Waals surface area contributed by atoms with Crippen LogP contribution in [0.1, 0.15) is 64.2 Å². The average molecular weight is 562 g/mol. The molecule has 2 bridgehead atoms. The van der Waals surface area contributed by atoms with E-state index in [1.54, 1.807) is 5.32 Å². The Hall–Kier alpha value is -2.98. The molecule has 5 fully saturated rings. The van der Waals surface area contributed by atoms with Gasteiger partial charge in [-0.05, 0) is 44.4 Å². The minimum atomic E-state index is -5.26. The van der Waals surface area contributed by atoms with Gasteiger partial charge in [-0.1, -0.05) is 19.3 Å². The minimum Gasteiger partial charge on any atom is -0.356 e. The Kier molecular flexibility index (Phi) is 8.37. The quantitative estimate of drug-likeness (QED) is 0.391. The Labute approximate surface area is 222 Å². The second kappa shape index (κ2) is 11.3. The fourth-order valence-electron chi connectivity index (χ4n) is 6.27. The lowest BCUT2D eigenvalue weighted by molar-refractivity contribution is -0.196. The zero-order valence-electron chi connectivity index (χ0n) is 21.2. The number of hydrogen-bond acceptors (Lipinski definition) is 5. The maximum absolute atomic E-state index is 15.0. The molecule has 2 aliphatic carbocycles. The minimum absolute atomic E-state index is 0.0504. The van der Waals surface area contributed by atoms with Crippen molar-refractivity contribution in [2.24, 2.45) is 17.8 Å². The SMILES string of the molecule is N#C[C@H](C[C@H]1CCCNC1=O)NC(=O)[C@H]1[C@@H]2CC[C@@H](CC2(F)F)N1C(=O)[C@@H](CC1CCC1)NC(=O)C(F)(F)F. The largest absolute Gasteiger partial charge is 0.471 e. The van der Waals surface area contributed by atoms with Crippen molar-refractivity contribution in [1.29, 1.82) is 5.26 Å². The third-order valence-electron chi connectivity index (χ3n) is 8.51. The maximum atomic E-state index is 15.0. The van der Waals surface area contributed by atoms with Gasteiger partial charge in [-0.15, -0.1) is 0 Å². The summed E-state index contributed by atoms with van der Waals surface area (Å²) >= 11 is 0. The number of rotatable bonds is 8. The molecule has 3 N–H and O–H groups in total. The van der Waals surface area contributed by atoms with Crippen LogP contribution in [0.3, 0.4) is 0 Å². The Morgan fingerprint density at radius 1 is 1.08 bits per heavy atom. The van der Waals surface area contributed by atoms with E-state index in [-0.39, 0.29) is 37.5 Å². The standard InChI is InChI=1S/C25H32F5N5O4/c26-24(27)11-16-6-7-17(24)19(21(37)33-15(12-31)10-14-5-2-8-32-20(14)36)35(16)22(38)18(9-13-3-1-4-13)34-23(39)25(28,29)30/h13-19H,1-11H2,(H,32,36)(H,33,37)(H,34,39)/t14-,15+,16+,17+,18-,19-/m1/s1. The van der Waals surface area contributed by atoms with Crippen molar-refractivity contribution in [3.63, 3.8) is 0 Å². The Balaban J connectivity index is 1.57. The van der Waals surface area contributed by atoms with Gasteiger partial charge in [0.1, 0.15) is 18.1 Å². The smallest absolute Gasteiger partial charge is 0.356 e. The van der Waals surface area contributed by atoms with Crippen LogP contribution in [0.2, 0.25) is 0 Å². The van der Waals surface area contributed by atoms with Gasteiger partial charge in [-0.2, -0.15) is 18.4 Å². The highest BCUT2D eigenvalue weighted by Gasteiger charge is 2.61. The summed E-state index contributed by atoms with van der Waals surface area (Å²) in [6, 6.07) is -3.82. The lowest BCUT2D eigenvalue weighted by Crippen LogP contribution is -2.71. The lowest BCUT2D eigenvalue weighted by atomic mass is 9.71. The fourth-order valence-corrected chi connectivity index (χ4v) is 6.27. The van der Waals surface area contributed by atoms with Gasteiger partial charge in [0.25, 0.3) is 5.92 Å². The third-order valence-corrected chi connectivity index (χ3v) is 8.51. The van der Waals surface area contributed by atoms with Gasteiger partial charge in [0.05, 0.1) is 12.0 Å². The van der Waals surface area contributed by atoms with Crippen molar-refractivity contribution >= 4 is 23.6 Å². The summed E-state index contributed by atoms with van der Waals surface area (Å²) in [4.78, 5) is 51.9. The molecule has 5 aliphatic rings. The summed E-state index contributed by atoms with van der Waals surface area (Å²) in [5.41, 5.74) is 0. The first-order valence-corrected chi connectivity index (χ1v) is 13.4. The van der Waals surface area contributed by atoms with Gasteiger partial charge in [-0.3, -0.25) is 19.2 Å². The second-order valence-electron chi connectivity index (χ2n) is 11.1. The molecule has 2 saturated carbocycles. The van der Waals surface area contributed by atoms with Crippen LogP contribution >= 0.6 is 0 Å². The van der Waals surface area contributed by atoms with Crippen LogP contribution < -0.4 is 16.0 Å². The van der Waals surface area contributed by atoms with Crippen LogP contribution in [0, 0.1) is 29.1 Å². The second-order valence-corrected chi connectivity index (χ2v) is 11.1. The third kappa shape index (κ3) is 6.27. The monoisotopic (exact) mass is 561 g/mol. The Morgan fingerprint density at radius 3 is 2.36 bits per heavy atom. The number of amides is 4. The molecule has 0 aromatic carbocycles. The van der Waals surface area contributed by atoms with Crippen molar-refractivity contribution in [3.05, 3.63) is 0 Å². The predicted octanol–water partition coefficient (Wildman–Crippen LogP) is 2.16. The predicted molar refractivity (Wildman–Crippen MR) is 125 cm³/mol. The Bertz CT molecular complexity index is 1030. The number of nitrogens with zero attached hydrogens (tertiary/aromatic N) is 2. The molecule has 9 nitrogen and oxygen atoms in total. The van der Waals surface area contributed by atoms with Gasteiger partial charge in [0.2, 0.25) is 17.7 Å². The van der Waals surface area contributed by atoms with Crippen molar-refractivity contribution in [3.8, 4) is 6.07 Å². The highest BCUT2D eigenvalue weighted by atomic mass is 19.4. The number of nitrogens with one attached hydrogen (secondary N) is 3. The van der Waals surface area contributed by atoms with Crippen LogP contribution in [-0.4, -0.2) is 71.3 Å². The summed E-state index contributed by atoms with van der Waals surface area (Å²) in [5, 5.41) is 16.4. The summed E-state index contributed by atoms with van der Waals surface area (Å²) in [6.07, 6.45) is -2.84. The van der Waals surface area contributed by atoms with Crippen LogP contribution in [0.25, 0.3) is 0 Å². The molecule has 3 saturated heterocycles. The molecule has 5 rings (SSSR count). The van der Waals surface area contributed by atoms with E-state index in [2.05, 4.69) is 10.6 Å². The number of carbonyl (C=O) groups excluding carboxylic acids is 4. The summed E-state index contributed by atoms with van der Waals surface area (Å²) in [7, 11) is 0. The van der Waals surface area contributed by atoms with E-state index in [1.165, 1.54) is 0 Å². The maximum Gasteiger partial charge on any atom is 0.471 e. The zero-order chi connectivity index (χ0) is 28.5. The first-order chi connectivity index (χ1) is 18.3. The van der Waals surface area contributed by atoms with E-state index < -0.39 is 72.2 Å². The zero-order valence-corrected chi connectivity index (χ0v) is 21.2. The number of piperidine rings is 3. The topological polar surface area (TPSA) is 131 Å². The molecule has 0 radical (unpaired) electrons. The van der Waals surface area contributed by atoms with E-state index >= 15 is 0 Å². The lowest BCUT2D eigenvalue weighted by Gasteiger charge is -2.54. The highest BCUT2D eigenvalue weighted by molar-refractivity contribution is 5.94. The molecule has 39 heavy (non-hydrogen) atoms. The molecule has 4 amide bonds. The Morgan fingerprint density at radius 2 is 1.79 bits per heavy atom. The molecule has 6 atom stereocenters. The van der Waals surface area contributed by atoms with Crippen LogP contribution in [0.4, 0.5) is 22.0 Å². The highest BCUT2D eigenvalue weighted by Crippen LogP contribution is 2.49. The van der Waals surface area contributed by atoms with E-state index in [4.69, 9.17) is 0 Å². The van der Waals surface area contributed by atoms with Crippen molar-refractivity contribution in [2.45, 2.75) is 100 Å². The van der Waals surface area contributed by atoms with Crippen LogP contribution in [0.15, 0.2) is 0 Å². The van der Waals surface area contributed by atoms with Gasteiger partial charge >= 0.3 is 12.1 Å². The van der Waals surface area contributed by atoms with E-state index in [0.29, 0.717) is 32.2 Å². The average Bonchev–Trinajstić information content (AvgIpc) is 2.84. The molecule has 0 unspecified atom stereocenters. The van der Waals surface area contributed by atoms with Crippen LogP contribution in [0.5, 0.6) is 0 Å². The molecule has 3 aliphatic heterocycles. The number of carbonyl (C=O) groups is 4. The molecule has 216 valence electrons. The summed E-state index contributed by atoms with van der Waals surface area (Å²) < 4.78 is 69.1. The van der Waals surface area contributed by atoms with E-state index in [1.807, 2.05) is 6.07 Å². The first-order valence-electron chi connectivity index (χ1n) is 13.4. The van der Waals surface area contributed by atoms with Gasteiger partial charge in [-0.25, -0.2) is 8.78 Å². The summed E-state index contributed by atoms with van der Waals surface area (Å²) in [6.45, 7) is 0.489. The fraction of sp³-hybridized carbons (Fsp3) is 0.800.